The fourth-order valence-electron chi connectivity index (χ4n) is 4.01. The molecule has 2 aliphatic rings. The predicted molar refractivity (Wildman–Crippen MR) is 131 cm³/mol. The van der Waals surface area contributed by atoms with Crippen LogP contribution in [0.25, 0.3) is 0 Å². The second-order valence-corrected chi connectivity index (χ2v) is 9.46. The average Bonchev–Trinajstić information content (AvgIpc) is 3.05. The Morgan fingerprint density at radius 2 is 1.88 bits per heavy atom. The molecule has 0 aromatic heterocycles. The summed E-state index contributed by atoms with van der Waals surface area (Å²) < 4.78 is 43.2. The lowest BCUT2D eigenvalue weighted by Crippen LogP contribution is -2.45. The van der Waals surface area contributed by atoms with E-state index in [1.54, 1.807) is 4.90 Å². The first-order chi connectivity index (χ1) is 14.4. The van der Waals surface area contributed by atoms with Gasteiger partial charge >= 0.3 is 12.3 Å². The molecule has 2 unspecified atom stereocenters. The molecule has 0 bridgehead atoms. The molecule has 0 saturated carbocycles. The Balaban J connectivity index is 0.00000512. The van der Waals surface area contributed by atoms with E-state index in [1.165, 1.54) is 4.90 Å². The van der Waals surface area contributed by atoms with Crippen LogP contribution in [0, 0.1) is 5.92 Å². The number of nitrogens with one attached hydrogen (secondary N) is 2. The van der Waals surface area contributed by atoms with Gasteiger partial charge in [0.2, 0.25) is 0 Å². The standard InChI is InChI=1S/C21H38F3N5O2.HI/c1-5-25-18(27-17-9-12-28(14-17)15-21(22,23)24)26-10-8-16-7-6-11-29(13-16)19(30)31-20(2,3)4;/h16-17H,5-15H2,1-4H3,(H2,25,26,27);1H. The van der Waals surface area contributed by atoms with Crippen LogP contribution in [0.15, 0.2) is 4.99 Å². The Bertz CT molecular complexity index is 613. The first-order valence-corrected chi connectivity index (χ1v) is 11.3. The number of ether oxygens (including phenoxy) is 1. The SMILES string of the molecule is CCNC(=NCCC1CCCN(C(=O)OC(C)(C)C)C1)NC1CCN(CC(F)(F)F)C1.I. The molecule has 2 N–H and O–H groups in total. The van der Waals surface area contributed by atoms with Gasteiger partial charge in [0.25, 0.3) is 0 Å². The van der Waals surface area contributed by atoms with E-state index in [0.717, 1.165) is 25.8 Å². The van der Waals surface area contributed by atoms with Gasteiger partial charge in [-0.1, -0.05) is 0 Å². The van der Waals surface area contributed by atoms with Gasteiger partial charge in [0, 0.05) is 45.3 Å². The van der Waals surface area contributed by atoms with Crippen molar-refractivity contribution in [1.29, 1.82) is 0 Å². The van der Waals surface area contributed by atoms with Crippen molar-refractivity contribution in [3.63, 3.8) is 0 Å². The minimum absolute atomic E-state index is 0. The number of halogens is 4. The number of carbonyl (C=O) groups is 1. The molecule has 0 aliphatic carbocycles. The van der Waals surface area contributed by atoms with E-state index in [-0.39, 0.29) is 36.1 Å². The minimum Gasteiger partial charge on any atom is -0.444 e. The predicted octanol–water partition coefficient (Wildman–Crippen LogP) is 3.83. The fourth-order valence-corrected chi connectivity index (χ4v) is 4.01. The molecule has 0 spiro atoms. The van der Waals surface area contributed by atoms with Crippen LogP contribution in [0.3, 0.4) is 0 Å². The van der Waals surface area contributed by atoms with Gasteiger partial charge < -0.3 is 20.3 Å². The van der Waals surface area contributed by atoms with Crippen LogP contribution in [0.1, 0.15) is 53.4 Å². The molecular weight excluding hydrogens is 538 g/mol. The minimum atomic E-state index is -4.17. The van der Waals surface area contributed by atoms with Crippen LogP contribution in [-0.4, -0.2) is 85.5 Å². The molecule has 2 rings (SSSR count). The summed E-state index contributed by atoms with van der Waals surface area (Å²) in [6, 6.07) is -0.0440. The highest BCUT2D eigenvalue weighted by atomic mass is 127. The quantitative estimate of drug-likeness (QED) is 0.286. The Morgan fingerprint density at radius 3 is 2.50 bits per heavy atom. The van der Waals surface area contributed by atoms with E-state index in [9.17, 15) is 18.0 Å². The normalized spacial score (nSPS) is 23.0. The number of hydrogen-bond donors (Lipinski definition) is 2. The second kappa shape index (κ2) is 13.0. The number of carbonyl (C=O) groups excluding carboxylic acids is 1. The maximum Gasteiger partial charge on any atom is 0.410 e. The maximum absolute atomic E-state index is 12.6. The molecule has 2 atom stereocenters. The van der Waals surface area contributed by atoms with E-state index >= 15 is 0 Å². The first-order valence-electron chi connectivity index (χ1n) is 11.3. The van der Waals surface area contributed by atoms with E-state index < -0.39 is 18.3 Å². The van der Waals surface area contributed by atoms with Gasteiger partial charge in [0.05, 0.1) is 6.54 Å². The zero-order valence-electron chi connectivity index (χ0n) is 19.6. The van der Waals surface area contributed by atoms with E-state index in [2.05, 4.69) is 15.6 Å². The fraction of sp³-hybridized carbons (Fsp3) is 0.905. The van der Waals surface area contributed by atoms with Gasteiger partial charge in [0.15, 0.2) is 5.96 Å². The molecule has 2 fully saturated rings. The molecule has 11 heteroatoms. The summed E-state index contributed by atoms with van der Waals surface area (Å²) in [6.07, 6.45) is -0.924. The van der Waals surface area contributed by atoms with E-state index in [0.29, 0.717) is 51.0 Å². The molecule has 0 radical (unpaired) electrons. The summed E-state index contributed by atoms with van der Waals surface area (Å²) >= 11 is 0. The lowest BCUT2D eigenvalue weighted by atomic mass is 9.95. The van der Waals surface area contributed by atoms with Gasteiger partial charge in [-0.2, -0.15) is 13.2 Å². The monoisotopic (exact) mass is 577 g/mol. The van der Waals surface area contributed by atoms with Crippen molar-refractivity contribution in [2.24, 2.45) is 10.9 Å². The molecule has 7 nitrogen and oxygen atoms in total. The second-order valence-electron chi connectivity index (χ2n) is 9.46. The number of alkyl halides is 3. The number of rotatable bonds is 6. The summed E-state index contributed by atoms with van der Waals surface area (Å²) in [5.41, 5.74) is -0.503. The molecule has 188 valence electrons. The molecule has 2 heterocycles. The third-order valence-corrected chi connectivity index (χ3v) is 5.34. The van der Waals surface area contributed by atoms with Crippen LogP contribution >= 0.6 is 24.0 Å². The highest BCUT2D eigenvalue weighted by Crippen LogP contribution is 2.22. The van der Waals surface area contributed by atoms with Gasteiger partial charge in [0.1, 0.15) is 5.60 Å². The van der Waals surface area contributed by atoms with Crippen molar-refractivity contribution in [1.82, 2.24) is 20.4 Å². The van der Waals surface area contributed by atoms with E-state index in [1.807, 2.05) is 27.7 Å². The summed E-state index contributed by atoms with van der Waals surface area (Å²) in [5, 5.41) is 6.45. The van der Waals surface area contributed by atoms with Crippen LogP contribution in [-0.2, 0) is 4.74 Å². The van der Waals surface area contributed by atoms with Crippen molar-refractivity contribution < 1.29 is 22.7 Å². The molecule has 2 aliphatic heterocycles. The summed E-state index contributed by atoms with van der Waals surface area (Å²) in [7, 11) is 0. The van der Waals surface area contributed by atoms with Crippen molar-refractivity contribution >= 4 is 36.0 Å². The lowest BCUT2D eigenvalue weighted by Gasteiger charge is -2.34. The Morgan fingerprint density at radius 1 is 1.16 bits per heavy atom. The Hall–Kier alpha value is -0.980. The van der Waals surface area contributed by atoms with Crippen molar-refractivity contribution in [3.8, 4) is 0 Å². The van der Waals surface area contributed by atoms with E-state index in [4.69, 9.17) is 4.74 Å². The summed E-state index contributed by atoms with van der Waals surface area (Å²) in [4.78, 5) is 20.1. The number of aliphatic imine (C=N–C) groups is 1. The number of likely N-dealkylation sites (tertiary alicyclic amines) is 2. The third-order valence-electron chi connectivity index (χ3n) is 5.34. The molecule has 32 heavy (non-hydrogen) atoms. The van der Waals surface area contributed by atoms with Crippen LogP contribution in [0.5, 0.6) is 0 Å². The van der Waals surface area contributed by atoms with Gasteiger partial charge in [-0.15, -0.1) is 24.0 Å². The van der Waals surface area contributed by atoms with Crippen molar-refractivity contribution in [2.75, 3.05) is 45.8 Å². The smallest absolute Gasteiger partial charge is 0.410 e. The zero-order chi connectivity index (χ0) is 23.1. The van der Waals surface area contributed by atoms with Crippen LogP contribution in [0.2, 0.25) is 0 Å². The largest absolute Gasteiger partial charge is 0.444 e. The van der Waals surface area contributed by atoms with Crippen molar-refractivity contribution in [3.05, 3.63) is 0 Å². The van der Waals surface area contributed by atoms with Crippen LogP contribution < -0.4 is 10.6 Å². The summed E-state index contributed by atoms with van der Waals surface area (Å²) in [5.74, 6) is 1.00. The number of hydrogen-bond acceptors (Lipinski definition) is 4. The van der Waals surface area contributed by atoms with Gasteiger partial charge in [-0.25, -0.2) is 4.79 Å². The number of guanidine groups is 1. The molecule has 2 saturated heterocycles. The highest BCUT2D eigenvalue weighted by Gasteiger charge is 2.34. The molecular formula is C21H39F3IN5O2. The summed E-state index contributed by atoms with van der Waals surface area (Å²) in [6.45, 7) is 10.1. The maximum atomic E-state index is 12.6. The zero-order valence-corrected chi connectivity index (χ0v) is 22.0. The average molecular weight is 577 g/mol. The van der Waals surface area contributed by atoms with Crippen molar-refractivity contribution in [2.45, 2.75) is 71.2 Å². The number of amides is 1. The lowest BCUT2D eigenvalue weighted by molar-refractivity contribution is -0.143. The molecule has 1 amide bonds. The van der Waals surface area contributed by atoms with Gasteiger partial charge in [-0.3, -0.25) is 9.89 Å². The number of piperidine rings is 1. The molecule has 0 aromatic rings. The highest BCUT2D eigenvalue weighted by molar-refractivity contribution is 14.0. The molecule has 0 aromatic carbocycles. The first kappa shape index (κ1) is 29.1. The van der Waals surface area contributed by atoms with Crippen LogP contribution in [0.4, 0.5) is 18.0 Å². The topological polar surface area (TPSA) is 69.2 Å². The van der Waals surface area contributed by atoms with Gasteiger partial charge in [-0.05, 0) is 59.3 Å². The third kappa shape index (κ3) is 11.2. The Kier molecular flexibility index (Phi) is 11.8. The Labute approximate surface area is 206 Å². The number of nitrogens with zero attached hydrogens (tertiary/aromatic N) is 3.